The molecule has 7 nitrogen and oxygen atoms in total. The van der Waals surface area contributed by atoms with E-state index in [-0.39, 0.29) is 6.61 Å². The average Bonchev–Trinajstić information content (AvgIpc) is 2.99. The summed E-state index contributed by atoms with van der Waals surface area (Å²) < 4.78 is 1.77. The number of benzene rings is 1. The molecule has 1 fully saturated rings. The van der Waals surface area contributed by atoms with Crippen LogP contribution in [-0.2, 0) is 0 Å². The van der Waals surface area contributed by atoms with Gasteiger partial charge in [-0.25, -0.2) is 0 Å². The van der Waals surface area contributed by atoms with Crippen molar-refractivity contribution in [2.75, 3.05) is 44.2 Å². The zero-order valence-electron chi connectivity index (χ0n) is 11.3. The first-order chi connectivity index (χ1) is 9.88. The number of β-amino-alcohol motifs (C(OH)–C–C–N with tert-alkyl or cyclic N) is 1. The maximum Gasteiger partial charge on any atom is 0.250 e. The van der Waals surface area contributed by atoms with Crippen LogP contribution in [0.2, 0.25) is 0 Å². The number of para-hydroxylation sites is 1. The number of piperazine rings is 1. The predicted octanol–water partition coefficient (Wildman–Crippen LogP) is -0.223. The quantitative estimate of drug-likeness (QED) is 0.831. The molecule has 1 N–H and O–H groups in total. The molecular weight excluding hydrogens is 256 g/mol. The number of aliphatic hydroxyl groups is 1. The molecular formula is C13H18N6O. The standard InChI is InChI=1S/C13H18N6O/c20-11-10-17-6-8-18(9-7-17)13-14-15-16-19(13)12-4-2-1-3-5-12/h1-5,20H,6-11H2. The smallest absolute Gasteiger partial charge is 0.250 e. The van der Waals surface area contributed by atoms with Crippen molar-refractivity contribution in [3.63, 3.8) is 0 Å². The van der Waals surface area contributed by atoms with Crippen LogP contribution >= 0.6 is 0 Å². The lowest BCUT2D eigenvalue weighted by atomic mass is 10.3. The fourth-order valence-corrected chi connectivity index (χ4v) is 2.43. The Labute approximate surface area is 117 Å². The Morgan fingerprint density at radius 3 is 2.50 bits per heavy atom. The van der Waals surface area contributed by atoms with Gasteiger partial charge in [0.25, 0.3) is 0 Å². The van der Waals surface area contributed by atoms with Gasteiger partial charge in [0, 0.05) is 32.7 Å². The van der Waals surface area contributed by atoms with Crippen molar-refractivity contribution >= 4 is 5.95 Å². The topological polar surface area (TPSA) is 70.3 Å². The molecule has 2 heterocycles. The van der Waals surface area contributed by atoms with Crippen LogP contribution in [-0.4, -0.2) is 69.5 Å². The molecule has 1 aromatic carbocycles. The molecule has 2 aromatic rings. The van der Waals surface area contributed by atoms with Gasteiger partial charge < -0.3 is 10.0 Å². The van der Waals surface area contributed by atoms with E-state index in [0.717, 1.165) is 44.4 Å². The normalized spacial score (nSPS) is 16.6. The monoisotopic (exact) mass is 274 g/mol. The van der Waals surface area contributed by atoms with E-state index in [0.29, 0.717) is 0 Å². The number of hydrogen-bond donors (Lipinski definition) is 1. The highest BCUT2D eigenvalue weighted by Crippen LogP contribution is 2.16. The Morgan fingerprint density at radius 2 is 1.80 bits per heavy atom. The van der Waals surface area contributed by atoms with Crippen molar-refractivity contribution in [3.8, 4) is 5.69 Å². The molecule has 1 aromatic heterocycles. The minimum absolute atomic E-state index is 0.210. The molecule has 1 aliphatic rings. The van der Waals surface area contributed by atoms with Crippen molar-refractivity contribution in [2.45, 2.75) is 0 Å². The van der Waals surface area contributed by atoms with Crippen LogP contribution in [0.15, 0.2) is 30.3 Å². The van der Waals surface area contributed by atoms with Gasteiger partial charge in [0.05, 0.1) is 12.3 Å². The highest BCUT2D eigenvalue weighted by molar-refractivity contribution is 5.40. The van der Waals surface area contributed by atoms with Gasteiger partial charge in [-0.15, -0.1) is 0 Å². The first-order valence-electron chi connectivity index (χ1n) is 6.80. The van der Waals surface area contributed by atoms with Crippen molar-refractivity contribution in [1.82, 2.24) is 25.1 Å². The lowest BCUT2D eigenvalue weighted by Crippen LogP contribution is -2.48. The molecule has 0 saturated carbocycles. The molecule has 106 valence electrons. The number of hydrogen-bond acceptors (Lipinski definition) is 6. The SMILES string of the molecule is OCCN1CCN(c2nnnn2-c2ccccc2)CC1. The summed E-state index contributed by atoms with van der Waals surface area (Å²) in [4.78, 5) is 4.42. The second-order valence-corrected chi connectivity index (χ2v) is 4.78. The highest BCUT2D eigenvalue weighted by Gasteiger charge is 2.21. The zero-order chi connectivity index (χ0) is 13.8. The van der Waals surface area contributed by atoms with Crippen LogP contribution in [0.5, 0.6) is 0 Å². The summed E-state index contributed by atoms with van der Waals surface area (Å²) in [6, 6.07) is 9.89. The summed E-state index contributed by atoms with van der Waals surface area (Å²) in [5.74, 6) is 0.778. The molecule has 1 aliphatic heterocycles. The number of tetrazole rings is 1. The molecule has 0 aliphatic carbocycles. The first-order valence-corrected chi connectivity index (χ1v) is 6.80. The van der Waals surface area contributed by atoms with Gasteiger partial charge in [-0.2, -0.15) is 4.68 Å². The van der Waals surface area contributed by atoms with Crippen molar-refractivity contribution in [2.24, 2.45) is 0 Å². The van der Waals surface area contributed by atoms with Crippen LogP contribution in [0.3, 0.4) is 0 Å². The van der Waals surface area contributed by atoms with Gasteiger partial charge >= 0.3 is 0 Å². The molecule has 20 heavy (non-hydrogen) atoms. The Hall–Kier alpha value is -1.99. The summed E-state index contributed by atoms with van der Waals surface area (Å²) in [6.07, 6.45) is 0. The maximum absolute atomic E-state index is 8.97. The molecule has 0 spiro atoms. The molecule has 3 rings (SSSR count). The second-order valence-electron chi connectivity index (χ2n) is 4.78. The molecule has 0 bridgehead atoms. The molecule has 0 atom stereocenters. The minimum Gasteiger partial charge on any atom is -0.395 e. The molecule has 0 radical (unpaired) electrons. The van der Waals surface area contributed by atoms with E-state index >= 15 is 0 Å². The fraction of sp³-hybridized carbons (Fsp3) is 0.462. The van der Waals surface area contributed by atoms with Crippen molar-refractivity contribution in [3.05, 3.63) is 30.3 Å². The third-order valence-electron chi connectivity index (χ3n) is 3.53. The van der Waals surface area contributed by atoms with Crippen LogP contribution in [0.1, 0.15) is 0 Å². The largest absolute Gasteiger partial charge is 0.395 e. The zero-order valence-corrected chi connectivity index (χ0v) is 11.3. The number of aliphatic hydroxyl groups excluding tert-OH is 1. The maximum atomic E-state index is 8.97. The van der Waals surface area contributed by atoms with Crippen molar-refractivity contribution < 1.29 is 5.11 Å². The van der Waals surface area contributed by atoms with Crippen LogP contribution in [0, 0.1) is 0 Å². The number of aromatic nitrogens is 4. The molecule has 0 amide bonds. The van der Waals surface area contributed by atoms with Gasteiger partial charge in [0.1, 0.15) is 0 Å². The summed E-state index contributed by atoms with van der Waals surface area (Å²) in [7, 11) is 0. The molecule has 0 unspecified atom stereocenters. The summed E-state index contributed by atoms with van der Waals surface area (Å²) >= 11 is 0. The van der Waals surface area contributed by atoms with Crippen LogP contribution in [0.4, 0.5) is 5.95 Å². The van der Waals surface area contributed by atoms with E-state index in [9.17, 15) is 0 Å². The van der Waals surface area contributed by atoms with E-state index in [4.69, 9.17) is 5.11 Å². The fourth-order valence-electron chi connectivity index (χ4n) is 2.43. The summed E-state index contributed by atoms with van der Waals surface area (Å²) in [6.45, 7) is 4.52. The summed E-state index contributed by atoms with van der Waals surface area (Å²) in [5.41, 5.74) is 0.963. The first kappa shape index (κ1) is 13.0. The lowest BCUT2D eigenvalue weighted by Gasteiger charge is -2.34. The van der Waals surface area contributed by atoms with E-state index in [1.165, 1.54) is 0 Å². The minimum atomic E-state index is 0.210. The van der Waals surface area contributed by atoms with Crippen LogP contribution in [0.25, 0.3) is 5.69 Å². The van der Waals surface area contributed by atoms with E-state index in [1.54, 1.807) is 4.68 Å². The predicted molar refractivity (Wildman–Crippen MR) is 74.9 cm³/mol. The van der Waals surface area contributed by atoms with E-state index in [2.05, 4.69) is 25.3 Å². The van der Waals surface area contributed by atoms with E-state index < -0.39 is 0 Å². The number of rotatable bonds is 4. The Morgan fingerprint density at radius 1 is 1.05 bits per heavy atom. The van der Waals surface area contributed by atoms with Gasteiger partial charge in [-0.3, -0.25) is 4.90 Å². The van der Waals surface area contributed by atoms with Crippen LogP contribution < -0.4 is 4.90 Å². The Kier molecular flexibility index (Phi) is 3.89. The number of nitrogens with zero attached hydrogens (tertiary/aromatic N) is 6. The van der Waals surface area contributed by atoms with Gasteiger partial charge in [-0.1, -0.05) is 23.3 Å². The summed E-state index contributed by atoms with van der Waals surface area (Å²) in [5, 5.41) is 21.0. The highest BCUT2D eigenvalue weighted by atomic mass is 16.3. The third kappa shape index (κ3) is 2.63. The Bertz CT molecular complexity index is 535. The van der Waals surface area contributed by atoms with Gasteiger partial charge in [0.2, 0.25) is 5.95 Å². The third-order valence-corrected chi connectivity index (χ3v) is 3.53. The average molecular weight is 274 g/mol. The Balaban J connectivity index is 1.75. The number of anilines is 1. The lowest BCUT2D eigenvalue weighted by molar-refractivity contribution is 0.188. The van der Waals surface area contributed by atoms with Gasteiger partial charge in [0.15, 0.2) is 0 Å². The van der Waals surface area contributed by atoms with Crippen molar-refractivity contribution in [1.29, 1.82) is 0 Å². The van der Waals surface area contributed by atoms with E-state index in [1.807, 2.05) is 30.3 Å². The molecule has 7 heteroatoms. The second kappa shape index (κ2) is 5.98. The van der Waals surface area contributed by atoms with Gasteiger partial charge in [-0.05, 0) is 22.6 Å². The molecule has 1 saturated heterocycles.